The number of para-hydroxylation sites is 1. The van der Waals surface area contributed by atoms with Crippen molar-refractivity contribution in [3.8, 4) is 5.75 Å². The van der Waals surface area contributed by atoms with Crippen molar-refractivity contribution in [1.29, 1.82) is 0 Å². The maximum Gasteiger partial charge on any atom is 0.118 e. The summed E-state index contributed by atoms with van der Waals surface area (Å²) in [6.07, 6.45) is 4.36. The molecule has 2 aromatic carbocycles. The fourth-order valence-electron chi connectivity index (χ4n) is 2.23. The maximum absolute atomic E-state index is 9.66. The first-order valence-corrected chi connectivity index (χ1v) is 6.58. The van der Waals surface area contributed by atoms with Crippen LogP contribution in [0.2, 0.25) is 0 Å². The molecule has 2 aromatic rings. The molecule has 18 heavy (non-hydrogen) atoms. The van der Waals surface area contributed by atoms with E-state index in [1.807, 2.05) is 18.2 Å². The number of unbranched alkanes of at least 4 members (excludes halogenated alkanes) is 1. The second kappa shape index (κ2) is 6.25. The van der Waals surface area contributed by atoms with Crippen LogP contribution in [-0.4, -0.2) is 5.11 Å². The molecule has 0 unspecified atom stereocenters. The Morgan fingerprint density at radius 3 is 2.44 bits per heavy atom. The van der Waals surface area contributed by atoms with Gasteiger partial charge in [-0.3, -0.25) is 0 Å². The van der Waals surface area contributed by atoms with Crippen LogP contribution >= 0.6 is 0 Å². The average molecular weight is 240 g/mol. The van der Waals surface area contributed by atoms with Crippen molar-refractivity contribution < 1.29 is 5.11 Å². The second-order valence-corrected chi connectivity index (χ2v) is 4.82. The monoisotopic (exact) mass is 240 g/mol. The zero-order valence-corrected chi connectivity index (χ0v) is 10.9. The SMILES string of the molecule is Cc1cccc(CCCCc2ccccc2O)c1. The summed E-state index contributed by atoms with van der Waals surface area (Å²) in [6, 6.07) is 16.3. The predicted octanol–water partition coefficient (Wildman–Crippen LogP) is 4.27. The maximum atomic E-state index is 9.66. The summed E-state index contributed by atoms with van der Waals surface area (Å²) in [5.41, 5.74) is 3.79. The highest BCUT2D eigenvalue weighted by Gasteiger charge is 1.99. The Morgan fingerprint density at radius 1 is 0.889 bits per heavy atom. The topological polar surface area (TPSA) is 20.2 Å². The van der Waals surface area contributed by atoms with E-state index in [9.17, 15) is 5.11 Å². The van der Waals surface area contributed by atoms with Crippen LogP contribution in [0, 0.1) is 6.92 Å². The Morgan fingerprint density at radius 2 is 1.67 bits per heavy atom. The van der Waals surface area contributed by atoms with Gasteiger partial charge in [0, 0.05) is 0 Å². The Labute approximate surface area is 109 Å². The molecule has 0 aliphatic carbocycles. The molecule has 0 atom stereocenters. The average Bonchev–Trinajstić information content (AvgIpc) is 2.37. The van der Waals surface area contributed by atoms with Gasteiger partial charge in [-0.2, -0.15) is 0 Å². The van der Waals surface area contributed by atoms with E-state index in [1.54, 1.807) is 6.07 Å². The van der Waals surface area contributed by atoms with E-state index in [0.29, 0.717) is 5.75 Å². The summed E-state index contributed by atoms with van der Waals surface area (Å²) in [6.45, 7) is 2.13. The molecule has 1 heteroatoms. The van der Waals surface area contributed by atoms with Crippen molar-refractivity contribution in [3.63, 3.8) is 0 Å². The van der Waals surface area contributed by atoms with Crippen LogP contribution in [0.5, 0.6) is 5.75 Å². The quantitative estimate of drug-likeness (QED) is 0.774. The Hall–Kier alpha value is -1.76. The summed E-state index contributed by atoms with van der Waals surface area (Å²) in [5.74, 6) is 0.424. The minimum Gasteiger partial charge on any atom is -0.508 e. The number of phenolic OH excluding ortho intramolecular Hbond substituents is 1. The van der Waals surface area contributed by atoms with E-state index in [2.05, 4.69) is 31.2 Å². The summed E-state index contributed by atoms with van der Waals surface area (Å²) in [5, 5.41) is 9.66. The largest absolute Gasteiger partial charge is 0.508 e. The van der Waals surface area contributed by atoms with Crippen LogP contribution in [0.3, 0.4) is 0 Å². The lowest BCUT2D eigenvalue weighted by molar-refractivity contribution is 0.466. The van der Waals surface area contributed by atoms with Gasteiger partial charge in [-0.1, -0.05) is 48.0 Å². The molecule has 0 aliphatic heterocycles. The molecule has 1 N–H and O–H groups in total. The van der Waals surface area contributed by atoms with Gasteiger partial charge in [0.15, 0.2) is 0 Å². The number of benzene rings is 2. The number of aryl methyl sites for hydroxylation is 3. The van der Waals surface area contributed by atoms with Gasteiger partial charge in [0.25, 0.3) is 0 Å². The van der Waals surface area contributed by atoms with Gasteiger partial charge >= 0.3 is 0 Å². The molecule has 0 aromatic heterocycles. The first-order chi connectivity index (χ1) is 8.75. The van der Waals surface area contributed by atoms with Crippen molar-refractivity contribution in [1.82, 2.24) is 0 Å². The number of rotatable bonds is 5. The molecular formula is C17H20O. The van der Waals surface area contributed by atoms with E-state index in [4.69, 9.17) is 0 Å². The predicted molar refractivity (Wildman–Crippen MR) is 75.9 cm³/mol. The molecule has 0 fully saturated rings. The first-order valence-electron chi connectivity index (χ1n) is 6.58. The third-order valence-corrected chi connectivity index (χ3v) is 3.24. The standard InChI is InChI=1S/C17H20O/c1-14-7-6-9-15(13-14)8-2-3-10-16-11-4-5-12-17(16)18/h4-7,9,11-13,18H,2-3,8,10H2,1H3. The Kier molecular flexibility index (Phi) is 4.40. The number of hydrogen-bond acceptors (Lipinski definition) is 1. The molecule has 1 nitrogen and oxygen atoms in total. The van der Waals surface area contributed by atoms with Crippen LogP contribution in [0.15, 0.2) is 48.5 Å². The smallest absolute Gasteiger partial charge is 0.118 e. The second-order valence-electron chi connectivity index (χ2n) is 4.82. The van der Waals surface area contributed by atoms with Gasteiger partial charge in [0.2, 0.25) is 0 Å². The number of aromatic hydroxyl groups is 1. The molecule has 0 amide bonds. The van der Waals surface area contributed by atoms with Gasteiger partial charge in [0.1, 0.15) is 5.75 Å². The van der Waals surface area contributed by atoms with Crippen LogP contribution in [-0.2, 0) is 12.8 Å². The van der Waals surface area contributed by atoms with Crippen LogP contribution in [0.1, 0.15) is 29.5 Å². The first kappa shape index (κ1) is 12.7. The zero-order chi connectivity index (χ0) is 12.8. The van der Waals surface area contributed by atoms with Crippen LogP contribution < -0.4 is 0 Å². The molecule has 94 valence electrons. The van der Waals surface area contributed by atoms with Gasteiger partial charge < -0.3 is 5.11 Å². The zero-order valence-electron chi connectivity index (χ0n) is 10.9. The van der Waals surface area contributed by atoms with Crippen molar-refractivity contribution >= 4 is 0 Å². The molecule has 0 heterocycles. The van der Waals surface area contributed by atoms with E-state index >= 15 is 0 Å². The Balaban J connectivity index is 1.78. The van der Waals surface area contributed by atoms with E-state index in [1.165, 1.54) is 11.1 Å². The fraction of sp³-hybridized carbons (Fsp3) is 0.294. The van der Waals surface area contributed by atoms with Gasteiger partial charge in [-0.05, 0) is 49.8 Å². The third kappa shape index (κ3) is 3.63. The van der Waals surface area contributed by atoms with Crippen molar-refractivity contribution in [2.24, 2.45) is 0 Å². The van der Waals surface area contributed by atoms with E-state index < -0.39 is 0 Å². The lowest BCUT2D eigenvalue weighted by atomic mass is 10.0. The minimum absolute atomic E-state index is 0.424. The van der Waals surface area contributed by atoms with Crippen molar-refractivity contribution in [2.45, 2.75) is 32.6 Å². The summed E-state index contributed by atoms with van der Waals surface area (Å²) in [4.78, 5) is 0. The molecule has 0 saturated heterocycles. The molecule has 2 rings (SSSR count). The lowest BCUT2D eigenvalue weighted by Gasteiger charge is -2.05. The fourth-order valence-corrected chi connectivity index (χ4v) is 2.23. The molecule has 0 bridgehead atoms. The van der Waals surface area contributed by atoms with Gasteiger partial charge in [-0.25, -0.2) is 0 Å². The van der Waals surface area contributed by atoms with Crippen molar-refractivity contribution in [2.75, 3.05) is 0 Å². The molecule has 0 radical (unpaired) electrons. The van der Waals surface area contributed by atoms with Crippen LogP contribution in [0.4, 0.5) is 0 Å². The normalized spacial score (nSPS) is 10.5. The highest BCUT2D eigenvalue weighted by atomic mass is 16.3. The molecule has 0 spiro atoms. The lowest BCUT2D eigenvalue weighted by Crippen LogP contribution is -1.90. The Bertz CT molecular complexity index is 502. The molecular weight excluding hydrogens is 220 g/mol. The van der Waals surface area contributed by atoms with Crippen LogP contribution in [0.25, 0.3) is 0 Å². The van der Waals surface area contributed by atoms with E-state index in [0.717, 1.165) is 31.2 Å². The molecule has 0 aliphatic rings. The van der Waals surface area contributed by atoms with Crippen molar-refractivity contribution in [3.05, 3.63) is 65.2 Å². The third-order valence-electron chi connectivity index (χ3n) is 3.24. The minimum atomic E-state index is 0.424. The van der Waals surface area contributed by atoms with Gasteiger partial charge in [-0.15, -0.1) is 0 Å². The number of hydrogen-bond donors (Lipinski definition) is 1. The highest BCUT2D eigenvalue weighted by molar-refractivity contribution is 5.31. The van der Waals surface area contributed by atoms with E-state index in [-0.39, 0.29) is 0 Å². The summed E-state index contributed by atoms with van der Waals surface area (Å²) >= 11 is 0. The molecule has 0 saturated carbocycles. The summed E-state index contributed by atoms with van der Waals surface area (Å²) < 4.78 is 0. The number of phenols is 1. The van der Waals surface area contributed by atoms with Gasteiger partial charge in [0.05, 0.1) is 0 Å². The summed E-state index contributed by atoms with van der Waals surface area (Å²) in [7, 11) is 0. The highest BCUT2D eigenvalue weighted by Crippen LogP contribution is 2.18.